The van der Waals surface area contributed by atoms with E-state index in [1.165, 1.54) is 20.8 Å². The second-order valence-electron chi connectivity index (χ2n) is 5.37. The topological polar surface area (TPSA) is 69.9 Å². The maximum atomic E-state index is 11.2. The average Bonchev–Trinajstić information content (AvgIpc) is 2.39. The predicted molar refractivity (Wildman–Crippen MR) is 87.5 cm³/mol. The molecule has 21 heavy (non-hydrogen) atoms. The number of aliphatic carboxylic acids is 1. The highest BCUT2D eigenvalue weighted by atomic mass is 16.4. The molecule has 116 valence electrons. The van der Waals surface area contributed by atoms with Crippen molar-refractivity contribution in [2.45, 2.75) is 47.1 Å². The fourth-order valence-electron chi connectivity index (χ4n) is 1.71. The van der Waals surface area contributed by atoms with Crippen LogP contribution in [0.15, 0.2) is 52.2 Å². The molecule has 0 amide bonds. The molecular formula is C17H25NO3. The van der Waals surface area contributed by atoms with Crippen LogP contribution in [0.4, 0.5) is 0 Å². The first kappa shape index (κ1) is 19.1. The monoisotopic (exact) mass is 291 g/mol. The number of hydrogen-bond donors (Lipinski definition) is 2. The van der Waals surface area contributed by atoms with Gasteiger partial charge in [0.05, 0.1) is 11.3 Å². The number of carboxylic acid groups (broad SMARTS) is 1. The molecular weight excluding hydrogens is 266 g/mol. The van der Waals surface area contributed by atoms with E-state index in [9.17, 15) is 9.90 Å². The Morgan fingerprint density at radius 1 is 1.24 bits per heavy atom. The first-order valence-electron chi connectivity index (χ1n) is 6.74. The molecule has 0 aliphatic rings. The molecule has 0 fully saturated rings. The molecule has 0 aliphatic heterocycles. The van der Waals surface area contributed by atoms with Crippen LogP contribution in [0, 0.1) is 0 Å². The van der Waals surface area contributed by atoms with Crippen LogP contribution in [-0.4, -0.2) is 27.5 Å². The zero-order valence-electron chi connectivity index (χ0n) is 13.7. The standard InChI is InChI=1S/C17H25NO3/c1-8-11(3)10-14(9-2)13(5)18-15(17(6,7)21)12(4)16(19)20/h8-10,21H,1H2,2-7H3,(H,19,20)/b11-10-,14-9+,15-12+,18-13+. The molecule has 0 saturated carbocycles. The van der Waals surface area contributed by atoms with E-state index in [0.29, 0.717) is 5.71 Å². The highest BCUT2D eigenvalue weighted by molar-refractivity contribution is 6.02. The molecule has 0 atom stereocenters. The van der Waals surface area contributed by atoms with Gasteiger partial charge in [0.2, 0.25) is 0 Å². The summed E-state index contributed by atoms with van der Waals surface area (Å²) < 4.78 is 0. The Kier molecular flexibility index (Phi) is 7.02. The summed E-state index contributed by atoms with van der Waals surface area (Å²) in [4.78, 5) is 15.5. The lowest BCUT2D eigenvalue weighted by Crippen LogP contribution is -2.24. The number of aliphatic hydroxyl groups is 1. The lowest BCUT2D eigenvalue weighted by Gasteiger charge is -2.20. The van der Waals surface area contributed by atoms with Crippen LogP contribution in [0.25, 0.3) is 0 Å². The van der Waals surface area contributed by atoms with Crippen molar-refractivity contribution in [1.29, 1.82) is 0 Å². The predicted octanol–water partition coefficient (Wildman–Crippen LogP) is 3.66. The number of nitrogens with zero attached hydrogens (tertiary/aromatic N) is 1. The molecule has 4 heteroatoms. The molecule has 0 radical (unpaired) electrons. The third kappa shape index (κ3) is 5.92. The molecule has 4 nitrogen and oxygen atoms in total. The normalized spacial score (nSPS) is 15.7. The Hall–Kier alpha value is -1.94. The van der Waals surface area contributed by atoms with E-state index in [1.54, 1.807) is 13.0 Å². The molecule has 0 aliphatic carbocycles. The van der Waals surface area contributed by atoms with E-state index in [0.717, 1.165) is 11.1 Å². The summed E-state index contributed by atoms with van der Waals surface area (Å²) in [5.74, 6) is -1.09. The van der Waals surface area contributed by atoms with Gasteiger partial charge in [-0.1, -0.05) is 30.4 Å². The molecule has 0 aromatic carbocycles. The van der Waals surface area contributed by atoms with Crippen LogP contribution >= 0.6 is 0 Å². The van der Waals surface area contributed by atoms with Crippen LogP contribution in [0.1, 0.15) is 41.5 Å². The fourth-order valence-corrected chi connectivity index (χ4v) is 1.71. The highest BCUT2D eigenvalue weighted by Gasteiger charge is 2.24. The smallest absolute Gasteiger partial charge is 0.333 e. The Balaban J connectivity index is 5.97. The molecule has 0 heterocycles. The van der Waals surface area contributed by atoms with Gasteiger partial charge in [0.25, 0.3) is 0 Å². The van der Waals surface area contributed by atoms with Gasteiger partial charge in [0.15, 0.2) is 0 Å². The van der Waals surface area contributed by atoms with E-state index in [4.69, 9.17) is 5.11 Å². The van der Waals surface area contributed by atoms with E-state index < -0.39 is 11.6 Å². The van der Waals surface area contributed by atoms with Gasteiger partial charge in [0.1, 0.15) is 5.60 Å². The molecule has 2 N–H and O–H groups in total. The second-order valence-corrected chi connectivity index (χ2v) is 5.37. The maximum absolute atomic E-state index is 11.2. The SMILES string of the molecule is C=C\C(C)=C/C(=C\C)C(/C)=N/C(=C(\C)C(=O)O)C(C)(C)O. The van der Waals surface area contributed by atoms with Crippen LogP contribution in [0.3, 0.4) is 0 Å². The van der Waals surface area contributed by atoms with Gasteiger partial charge < -0.3 is 10.2 Å². The van der Waals surface area contributed by atoms with Crippen molar-refractivity contribution in [2.24, 2.45) is 4.99 Å². The van der Waals surface area contributed by atoms with E-state index in [-0.39, 0.29) is 11.3 Å². The molecule has 0 spiro atoms. The van der Waals surface area contributed by atoms with Crippen LogP contribution in [0.2, 0.25) is 0 Å². The Morgan fingerprint density at radius 3 is 2.10 bits per heavy atom. The van der Waals surface area contributed by atoms with Crippen molar-refractivity contribution in [3.63, 3.8) is 0 Å². The summed E-state index contributed by atoms with van der Waals surface area (Å²) in [6.45, 7) is 13.7. The molecule has 0 aromatic heterocycles. The van der Waals surface area contributed by atoms with Crippen LogP contribution < -0.4 is 0 Å². The van der Waals surface area contributed by atoms with Crippen molar-refractivity contribution in [1.82, 2.24) is 0 Å². The minimum atomic E-state index is -1.33. The fraction of sp³-hybridized carbons (Fsp3) is 0.412. The molecule has 0 bridgehead atoms. The molecule has 0 aromatic rings. The number of carboxylic acids is 1. The number of carbonyl (C=O) groups is 1. The van der Waals surface area contributed by atoms with Gasteiger partial charge in [0, 0.05) is 5.71 Å². The van der Waals surface area contributed by atoms with Crippen molar-refractivity contribution in [2.75, 3.05) is 0 Å². The van der Waals surface area contributed by atoms with Crippen molar-refractivity contribution < 1.29 is 15.0 Å². The lowest BCUT2D eigenvalue weighted by molar-refractivity contribution is -0.132. The quantitative estimate of drug-likeness (QED) is 0.446. The third-order valence-electron chi connectivity index (χ3n) is 2.97. The van der Waals surface area contributed by atoms with Crippen molar-refractivity contribution in [3.05, 3.63) is 47.2 Å². The summed E-state index contributed by atoms with van der Waals surface area (Å²) in [6.07, 6.45) is 5.51. The van der Waals surface area contributed by atoms with Gasteiger partial charge >= 0.3 is 5.97 Å². The summed E-state index contributed by atoms with van der Waals surface area (Å²) >= 11 is 0. The maximum Gasteiger partial charge on any atom is 0.333 e. The first-order valence-corrected chi connectivity index (χ1v) is 6.74. The molecule has 0 unspecified atom stereocenters. The largest absolute Gasteiger partial charge is 0.478 e. The highest BCUT2D eigenvalue weighted by Crippen LogP contribution is 2.22. The van der Waals surface area contributed by atoms with Crippen LogP contribution in [-0.2, 0) is 4.79 Å². The number of hydrogen-bond acceptors (Lipinski definition) is 3. The molecule has 0 saturated heterocycles. The van der Waals surface area contributed by atoms with Crippen molar-refractivity contribution in [3.8, 4) is 0 Å². The van der Waals surface area contributed by atoms with Crippen LogP contribution in [0.5, 0.6) is 0 Å². The van der Waals surface area contributed by atoms with Gasteiger partial charge in [-0.3, -0.25) is 4.99 Å². The summed E-state index contributed by atoms with van der Waals surface area (Å²) in [5, 5.41) is 19.3. The minimum Gasteiger partial charge on any atom is -0.478 e. The number of allylic oxidation sites excluding steroid dienone is 5. The summed E-state index contributed by atoms with van der Waals surface area (Å²) in [7, 11) is 0. The number of aliphatic imine (C=N–C) groups is 1. The van der Waals surface area contributed by atoms with E-state index in [1.807, 2.05) is 26.0 Å². The minimum absolute atomic E-state index is 0.0294. The Morgan fingerprint density at radius 2 is 1.76 bits per heavy atom. The van der Waals surface area contributed by atoms with Gasteiger partial charge in [-0.05, 0) is 47.1 Å². The van der Waals surface area contributed by atoms with Gasteiger partial charge in [-0.2, -0.15) is 0 Å². The zero-order valence-corrected chi connectivity index (χ0v) is 13.7. The van der Waals surface area contributed by atoms with E-state index in [2.05, 4.69) is 11.6 Å². The zero-order chi connectivity index (χ0) is 16.8. The van der Waals surface area contributed by atoms with Gasteiger partial charge in [-0.25, -0.2) is 4.79 Å². The molecule has 0 rings (SSSR count). The second kappa shape index (κ2) is 7.74. The Bertz CT molecular complexity index is 541. The lowest BCUT2D eigenvalue weighted by atomic mass is 10.00. The van der Waals surface area contributed by atoms with Gasteiger partial charge in [-0.15, -0.1) is 0 Å². The average molecular weight is 291 g/mol. The first-order chi connectivity index (χ1) is 9.54. The number of rotatable bonds is 6. The summed E-state index contributed by atoms with van der Waals surface area (Å²) in [5.41, 5.74) is 1.31. The summed E-state index contributed by atoms with van der Waals surface area (Å²) in [6, 6.07) is 0. The Labute approximate surface area is 126 Å². The third-order valence-corrected chi connectivity index (χ3v) is 2.97. The van der Waals surface area contributed by atoms with E-state index >= 15 is 0 Å². The van der Waals surface area contributed by atoms with Crippen molar-refractivity contribution >= 4 is 11.7 Å².